The molecular weight excluding hydrogens is 366 g/mol. The Morgan fingerprint density at radius 2 is 1.41 bits per heavy atom. The molecule has 0 saturated carbocycles. The Bertz CT molecular complexity index is 987. The molecule has 3 rings (SSSR count). The van der Waals surface area contributed by atoms with E-state index in [-0.39, 0.29) is 0 Å². The van der Waals surface area contributed by atoms with Crippen molar-refractivity contribution in [3.05, 3.63) is 95.6 Å². The highest BCUT2D eigenvalue weighted by atomic mass is 16.5. The van der Waals surface area contributed by atoms with Crippen LogP contribution in [0.25, 0.3) is 0 Å². The van der Waals surface area contributed by atoms with Crippen molar-refractivity contribution < 1.29 is 14.3 Å². The lowest BCUT2D eigenvalue weighted by Crippen LogP contribution is -2.41. The second-order valence-electron chi connectivity index (χ2n) is 6.66. The first kappa shape index (κ1) is 19.9. The van der Waals surface area contributed by atoms with Crippen LogP contribution in [0.3, 0.4) is 0 Å². The van der Waals surface area contributed by atoms with E-state index in [1.165, 1.54) is 0 Å². The number of carbonyl (C=O) groups excluding carboxylic acids is 2. The van der Waals surface area contributed by atoms with Gasteiger partial charge < -0.3 is 9.64 Å². The normalized spacial score (nSPS) is 10.1. The number of ether oxygens (including phenoxy) is 1. The molecule has 0 fully saturated rings. The van der Waals surface area contributed by atoms with E-state index in [0.29, 0.717) is 23.5 Å². The number of hydrogen-bond donors (Lipinski definition) is 2. The van der Waals surface area contributed by atoms with Crippen LogP contribution in [-0.4, -0.2) is 25.9 Å². The van der Waals surface area contributed by atoms with Crippen molar-refractivity contribution in [2.24, 2.45) is 0 Å². The van der Waals surface area contributed by atoms with Crippen LogP contribution in [0.1, 0.15) is 26.3 Å². The number of nitrogens with zero attached hydrogens (tertiary/aromatic N) is 1. The molecule has 3 aromatic carbocycles. The molecule has 2 N–H and O–H groups in total. The summed E-state index contributed by atoms with van der Waals surface area (Å²) in [6, 6.07) is 23.7. The number of nitrogens with one attached hydrogen (secondary N) is 2. The van der Waals surface area contributed by atoms with Gasteiger partial charge in [0, 0.05) is 30.9 Å². The minimum Gasteiger partial charge on any atom is -0.489 e. The van der Waals surface area contributed by atoms with Gasteiger partial charge in [0.25, 0.3) is 11.8 Å². The fourth-order valence-corrected chi connectivity index (χ4v) is 2.65. The third-order valence-electron chi connectivity index (χ3n) is 4.26. The van der Waals surface area contributed by atoms with E-state index in [0.717, 1.165) is 11.3 Å². The molecular formula is C23H23N3O3. The summed E-state index contributed by atoms with van der Waals surface area (Å²) >= 11 is 0. The fourth-order valence-electron chi connectivity index (χ4n) is 2.65. The van der Waals surface area contributed by atoms with Gasteiger partial charge in [0.05, 0.1) is 0 Å². The van der Waals surface area contributed by atoms with Crippen LogP contribution < -0.4 is 20.5 Å². The zero-order chi connectivity index (χ0) is 20.6. The summed E-state index contributed by atoms with van der Waals surface area (Å²) in [7, 11) is 3.79. The van der Waals surface area contributed by atoms with E-state index >= 15 is 0 Å². The van der Waals surface area contributed by atoms with E-state index in [1.54, 1.807) is 42.5 Å². The van der Waals surface area contributed by atoms with Crippen LogP contribution in [0.5, 0.6) is 5.75 Å². The highest BCUT2D eigenvalue weighted by molar-refractivity contribution is 5.99. The van der Waals surface area contributed by atoms with Crippen LogP contribution in [-0.2, 0) is 6.61 Å². The Hall–Kier alpha value is -3.80. The van der Waals surface area contributed by atoms with Crippen LogP contribution in [0.15, 0.2) is 78.9 Å². The van der Waals surface area contributed by atoms with Gasteiger partial charge in [0.2, 0.25) is 0 Å². The lowest BCUT2D eigenvalue weighted by atomic mass is 10.2. The maximum Gasteiger partial charge on any atom is 0.269 e. The van der Waals surface area contributed by atoms with Gasteiger partial charge in [-0.25, -0.2) is 0 Å². The van der Waals surface area contributed by atoms with Gasteiger partial charge in [0.1, 0.15) is 12.4 Å². The molecule has 0 atom stereocenters. The highest BCUT2D eigenvalue weighted by Crippen LogP contribution is 2.16. The first-order valence-electron chi connectivity index (χ1n) is 9.18. The van der Waals surface area contributed by atoms with Crippen molar-refractivity contribution in [3.8, 4) is 5.75 Å². The second kappa shape index (κ2) is 9.41. The number of carbonyl (C=O) groups is 2. The minimum atomic E-state index is -0.424. The molecule has 0 spiro atoms. The maximum atomic E-state index is 12.4. The van der Waals surface area contributed by atoms with Gasteiger partial charge in [0.15, 0.2) is 0 Å². The smallest absolute Gasteiger partial charge is 0.269 e. The van der Waals surface area contributed by atoms with Crippen LogP contribution in [0, 0.1) is 0 Å². The summed E-state index contributed by atoms with van der Waals surface area (Å²) < 4.78 is 5.74. The molecule has 0 unspecified atom stereocenters. The van der Waals surface area contributed by atoms with E-state index in [9.17, 15) is 9.59 Å². The Balaban J connectivity index is 1.58. The van der Waals surface area contributed by atoms with Crippen molar-refractivity contribution >= 4 is 17.5 Å². The van der Waals surface area contributed by atoms with Crippen molar-refractivity contribution in [1.82, 2.24) is 10.9 Å². The second-order valence-corrected chi connectivity index (χ2v) is 6.66. The van der Waals surface area contributed by atoms with Crippen LogP contribution in [0.2, 0.25) is 0 Å². The number of rotatable bonds is 6. The summed E-state index contributed by atoms with van der Waals surface area (Å²) in [5.74, 6) is -0.239. The van der Waals surface area contributed by atoms with E-state index in [2.05, 4.69) is 10.9 Å². The van der Waals surface area contributed by atoms with Gasteiger partial charge in [-0.3, -0.25) is 20.4 Å². The first-order chi connectivity index (χ1) is 14.0. The average molecular weight is 389 g/mol. The minimum absolute atomic E-state index is 0.387. The molecule has 29 heavy (non-hydrogen) atoms. The van der Waals surface area contributed by atoms with Crippen LogP contribution in [0.4, 0.5) is 5.69 Å². The molecule has 3 aromatic rings. The molecule has 0 aliphatic heterocycles. The lowest BCUT2D eigenvalue weighted by Gasteiger charge is -2.14. The van der Waals surface area contributed by atoms with Crippen molar-refractivity contribution in [3.63, 3.8) is 0 Å². The Morgan fingerprint density at radius 1 is 0.793 bits per heavy atom. The number of hydrogen-bond acceptors (Lipinski definition) is 4. The number of amides is 2. The van der Waals surface area contributed by atoms with E-state index < -0.39 is 11.8 Å². The summed E-state index contributed by atoms with van der Waals surface area (Å²) in [5, 5.41) is 0. The molecule has 6 nitrogen and oxygen atoms in total. The number of anilines is 1. The zero-order valence-electron chi connectivity index (χ0n) is 16.4. The number of benzene rings is 3. The van der Waals surface area contributed by atoms with Crippen molar-refractivity contribution in [2.75, 3.05) is 19.0 Å². The third kappa shape index (κ3) is 5.59. The molecule has 0 aliphatic rings. The van der Waals surface area contributed by atoms with Crippen molar-refractivity contribution in [1.29, 1.82) is 0 Å². The molecule has 0 aromatic heterocycles. The average Bonchev–Trinajstić information content (AvgIpc) is 2.76. The summed E-state index contributed by atoms with van der Waals surface area (Å²) in [6.07, 6.45) is 0. The monoisotopic (exact) mass is 389 g/mol. The van der Waals surface area contributed by atoms with Gasteiger partial charge >= 0.3 is 0 Å². The largest absolute Gasteiger partial charge is 0.489 e. The SMILES string of the molecule is CN(C)c1cccc(C(=O)NNC(=O)c2cccc(OCc3ccccc3)c2)c1. The molecule has 6 heteroatoms. The molecule has 0 heterocycles. The Labute approximate surface area is 170 Å². The topological polar surface area (TPSA) is 70.7 Å². The quantitative estimate of drug-likeness (QED) is 0.634. The number of hydrazine groups is 1. The van der Waals surface area contributed by atoms with Gasteiger partial charge in [-0.15, -0.1) is 0 Å². The fraction of sp³-hybridized carbons (Fsp3) is 0.130. The van der Waals surface area contributed by atoms with Crippen molar-refractivity contribution in [2.45, 2.75) is 6.61 Å². The Morgan fingerprint density at radius 3 is 2.07 bits per heavy atom. The van der Waals surface area contributed by atoms with Gasteiger partial charge in [-0.2, -0.15) is 0 Å². The third-order valence-corrected chi connectivity index (χ3v) is 4.26. The molecule has 0 aliphatic carbocycles. The summed E-state index contributed by atoms with van der Waals surface area (Å²) in [4.78, 5) is 26.6. The molecule has 0 bridgehead atoms. The summed E-state index contributed by atoms with van der Waals surface area (Å²) in [5.41, 5.74) is 7.66. The van der Waals surface area contributed by atoms with E-state index in [1.807, 2.05) is 55.4 Å². The van der Waals surface area contributed by atoms with Gasteiger partial charge in [-0.05, 0) is 42.0 Å². The van der Waals surface area contributed by atoms with E-state index in [4.69, 9.17) is 4.74 Å². The molecule has 0 saturated heterocycles. The zero-order valence-corrected chi connectivity index (χ0v) is 16.4. The Kier molecular flexibility index (Phi) is 6.47. The van der Waals surface area contributed by atoms with Crippen LogP contribution >= 0.6 is 0 Å². The predicted octanol–water partition coefficient (Wildman–Crippen LogP) is 3.41. The molecule has 2 amide bonds. The standard InChI is InChI=1S/C23H23N3O3/c1-26(2)20-12-6-10-18(14-20)22(27)24-25-23(28)19-11-7-13-21(15-19)29-16-17-8-4-3-5-9-17/h3-15H,16H2,1-2H3,(H,24,27)(H,25,28). The highest BCUT2D eigenvalue weighted by Gasteiger charge is 2.11. The molecule has 148 valence electrons. The van der Waals surface area contributed by atoms with Gasteiger partial charge in [-0.1, -0.05) is 42.5 Å². The lowest BCUT2D eigenvalue weighted by molar-refractivity contribution is 0.0846. The maximum absolute atomic E-state index is 12.4. The molecule has 0 radical (unpaired) electrons. The summed E-state index contributed by atoms with van der Waals surface area (Å²) in [6.45, 7) is 0.408. The first-order valence-corrected chi connectivity index (χ1v) is 9.18. The predicted molar refractivity (Wildman–Crippen MR) is 113 cm³/mol.